The van der Waals surface area contributed by atoms with Gasteiger partial charge in [0, 0.05) is 26.3 Å². The van der Waals surface area contributed by atoms with E-state index in [-0.39, 0.29) is 11.4 Å². The van der Waals surface area contributed by atoms with Crippen LogP contribution in [-0.4, -0.2) is 12.5 Å². The second-order valence-electron chi connectivity index (χ2n) is 7.30. The Morgan fingerprint density at radius 3 is 2.73 bits per heavy atom. The van der Waals surface area contributed by atoms with Gasteiger partial charge in [-0.05, 0) is 95.6 Å². The molecular weight excluding hydrogens is 554 g/mol. The summed E-state index contributed by atoms with van der Waals surface area (Å²) in [5, 5.41) is 12.8. The van der Waals surface area contributed by atoms with E-state index in [0.717, 1.165) is 20.3 Å². The fourth-order valence-corrected chi connectivity index (χ4v) is 4.24. The molecule has 0 aliphatic heterocycles. The molecule has 0 atom stereocenters. The maximum absolute atomic E-state index is 13.6. The highest BCUT2D eigenvalue weighted by molar-refractivity contribution is 14.1. The zero-order valence-corrected chi connectivity index (χ0v) is 21.0. The second kappa shape index (κ2) is 11.3. The highest BCUT2D eigenvalue weighted by Gasteiger charge is 2.15. The molecule has 168 valence electrons. The van der Waals surface area contributed by atoms with Crippen LogP contribution >= 0.6 is 34.2 Å². The van der Waals surface area contributed by atoms with Crippen molar-refractivity contribution >= 4 is 51.9 Å². The molecule has 0 aliphatic rings. The summed E-state index contributed by atoms with van der Waals surface area (Å²) in [5.41, 5.74) is 3.72. The minimum absolute atomic E-state index is 0.0505. The zero-order chi connectivity index (χ0) is 24.0. The molecule has 0 saturated carbocycles. The largest absolute Gasteiger partial charge is 0.494 e. The smallest absolute Gasteiger partial charge is 0.266 e. The van der Waals surface area contributed by atoms with E-state index < -0.39 is 5.91 Å². The first-order chi connectivity index (χ1) is 15.8. The molecule has 0 fully saturated rings. The molecule has 0 bridgehead atoms. The standard InChI is InChI=1S/C26H21ClFIN2O2/c1-3-33-25-13-18(12-23(29)22(25)11-17-5-4-6-21(28)10-17)9-19(15-30)26(32)31-24-14-20(27)8-7-16(24)2/h4-10,12-14H,3,11H2,1-2H3,(H,31,32)/b19-9+. The van der Waals surface area contributed by atoms with Gasteiger partial charge in [-0.1, -0.05) is 29.8 Å². The van der Waals surface area contributed by atoms with Gasteiger partial charge in [-0.15, -0.1) is 0 Å². The van der Waals surface area contributed by atoms with Crippen molar-refractivity contribution in [1.82, 2.24) is 0 Å². The van der Waals surface area contributed by atoms with Gasteiger partial charge in [-0.3, -0.25) is 4.79 Å². The molecule has 4 nitrogen and oxygen atoms in total. The number of benzene rings is 3. The number of aryl methyl sites for hydroxylation is 1. The Labute approximate surface area is 211 Å². The van der Waals surface area contributed by atoms with Crippen LogP contribution in [-0.2, 0) is 11.2 Å². The Kier molecular flexibility index (Phi) is 8.48. The van der Waals surface area contributed by atoms with Crippen LogP contribution in [0.25, 0.3) is 6.08 Å². The topological polar surface area (TPSA) is 62.1 Å². The molecule has 3 rings (SSSR count). The number of amides is 1. The second-order valence-corrected chi connectivity index (χ2v) is 8.90. The van der Waals surface area contributed by atoms with E-state index in [1.165, 1.54) is 18.2 Å². The molecule has 0 spiro atoms. The van der Waals surface area contributed by atoms with Crippen molar-refractivity contribution in [3.05, 3.63) is 96.8 Å². The van der Waals surface area contributed by atoms with Gasteiger partial charge in [0.1, 0.15) is 23.2 Å². The molecule has 3 aromatic carbocycles. The number of halogens is 3. The van der Waals surface area contributed by atoms with E-state index in [4.69, 9.17) is 16.3 Å². The van der Waals surface area contributed by atoms with Crippen molar-refractivity contribution in [1.29, 1.82) is 5.26 Å². The molecule has 1 amide bonds. The summed E-state index contributed by atoms with van der Waals surface area (Å²) in [6.45, 7) is 4.16. The van der Waals surface area contributed by atoms with Gasteiger partial charge in [0.15, 0.2) is 0 Å². The first-order valence-corrected chi connectivity index (χ1v) is 11.6. The normalized spacial score (nSPS) is 11.1. The molecule has 0 heterocycles. The van der Waals surface area contributed by atoms with E-state index in [1.54, 1.807) is 30.3 Å². The number of ether oxygens (including phenoxy) is 1. The van der Waals surface area contributed by atoms with E-state index >= 15 is 0 Å². The predicted molar refractivity (Wildman–Crippen MR) is 138 cm³/mol. The maximum atomic E-state index is 13.6. The van der Waals surface area contributed by atoms with Crippen molar-refractivity contribution < 1.29 is 13.9 Å². The fraction of sp³-hybridized carbons (Fsp3) is 0.154. The summed E-state index contributed by atoms with van der Waals surface area (Å²) >= 11 is 8.21. The number of hydrogen-bond acceptors (Lipinski definition) is 3. The van der Waals surface area contributed by atoms with E-state index in [9.17, 15) is 14.4 Å². The minimum atomic E-state index is -0.528. The average Bonchev–Trinajstić information content (AvgIpc) is 2.77. The molecule has 3 aromatic rings. The number of anilines is 1. The molecule has 0 aromatic heterocycles. The number of hydrogen-bond donors (Lipinski definition) is 1. The summed E-state index contributed by atoms with van der Waals surface area (Å²) in [5.74, 6) is -0.192. The molecule has 0 aliphatic carbocycles. The average molecular weight is 575 g/mol. The lowest BCUT2D eigenvalue weighted by Crippen LogP contribution is -2.14. The molecule has 33 heavy (non-hydrogen) atoms. The van der Waals surface area contributed by atoms with Crippen LogP contribution in [0.2, 0.25) is 5.02 Å². The third-order valence-corrected chi connectivity index (χ3v) is 6.07. The van der Waals surface area contributed by atoms with E-state index in [2.05, 4.69) is 27.9 Å². The lowest BCUT2D eigenvalue weighted by Gasteiger charge is -2.14. The van der Waals surface area contributed by atoms with Crippen LogP contribution in [0, 0.1) is 27.6 Å². The predicted octanol–water partition coefficient (Wildman–Crippen LogP) is 6.93. The highest BCUT2D eigenvalue weighted by atomic mass is 127. The molecule has 7 heteroatoms. The number of rotatable bonds is 7. The monoisotopic (exact) mass is 574 g/mol. The van der Waals surface area contributed by atoms with Crippen LogP contribution in [0.3, 0.4) is 0 Å². The third-order valence-electron chi connectivity index (χ3n) is 4.87. The van der Waals surface area contributed by atoms with Gasteiger partial charge in [-0.25, -0.2) is 4.39 Å². The van der Waals surface area contributed by atoms with E-state index in [1.807, 2.05) is 32.0 Å². The zero-order valence-electron chi connectivity index (χ0n) is 18.1. The van der Waals surface area contributed by atoms with Gasteiger partial charge in [0.25, 0.3) is 5.91 Å². The molecule has 0 saturated heterocycles. The Bertz CT molecular complexity index is 1270. The molecule has 0 unspecified atom stereocenters. The summed E-state index contributed by atoms with van der Waals surface area (Å²) in [6.07, 6.45) is 2.01. The Balaban J connectivity index is 1.93. The summed E-state index contributed by atoms with van der Waals surface area (Å²) in [4.78, 5) is 12.7. The number of nitrogens with zero attached hydrogens (tertiary/aromatic N) is 1. The van der Waals surface area contributed by atoms with Gasteiger partial charge in [0.2, 0.25) is 0 Å². The van der Waals surface area contributed by atoms with Crippen molar-refractivity contribution in [2.75, 3.05) is 11.9 Å². The van der Waals surface area contributed by atoms with Crippen LogP contribution < -0.4 is 10.1 Å². The molecular formula is C26H21ClFIN2O2. The van der Waals surface area contributed by atoms with Gasteiger partial charge in [-0.2, -0.15) is 5.26 Å². The number of carbonyl (C=O) groups excluding carboxylic acids is 1. The number of carbonyl (C=O) groups is 1. The lowest BCUT2D eigenvalue weighted by molar-refractivity contribution is -0.112. The van der Waals surface area contributed by atoms with E-state index in [0.29, 0.717) is 35.1 Å². The van der Waals surface area contributed by atoms with Crippen molar-refractivity contribution in [2.45, 2.75) is 20.3 Å². The molecule has 0 radical (unpaired) electrons. The minimum Gasteiger partial charge on any atom is -0.494 e. The molecule has 1 N–H and O–H groups in total. The number of nitrogens with one attached hydrogen (secondary N) is 1. The first-order valence-electron chi connectivity index (χ1n) is 10.2. The van der Waals surface area contributed by atoms with Crippen LogP contribution in [0.15, 0.2) is 60.2 Å². The number of nitriles is 1. The Morgan fingerprint density at radius 1 is 1.24 bits per heavy atom. The fourth-order valence-electron chi connectivity index (χ4n) is 3.26. The van der Waals surface area contributed by atoms with Gasteiger partial charge in [0.05, 0.1) is 6.61 Å². The van der Waals surface area contributed by atoms with Crippen LogP contribution in [0.5, 0.6) is 5.75 Å². The highest BCUT2D eigenvalue weighted by Crippen LogP contribution is 2.30. The lowest BCUT2D eigenvalue weighted by atomic mass is 10.0. The first kappa shape index (κ1) is 24.7. The summed E-state index contributed by atoms with van der Waals surface area (Å²) < 4.78 is 20.3. The third kappa shape index (κ3) is 6.56. The van der Waals surface area contributed by atoms with Crippen molar-refractivity contribution in [3.8, 4) is 11.8 Å². The van der Waals surface area contributed by atoms with Crippen LogP contribution in [0.4, 0.5) is 10.1 Å². The van der Waals surface area contributed by atoms with Crippen molar-refractivity contribution in [3.63, 3.8) is 0 Å². The van der Waals surface area contributed by atoms with Gasteiger partial charge < -0.3 is 10.1 Å². The SMILES string of the molecule is CCOc1cc(/C=C(\C#N)C(=O)Nc2cc(Cl)ccc2C)cc(I)c1Cc1cccc(F)c1. The summed E-state index contributed by atoms with van der Waals surface area (Å²) in [7, 11) is 0. The van der Waals surface area contributed by atoms with Crippen molar-refractivity contribution in [2.24, 2.45) is 0 Å². The van der Waals surface area contributed by atoms with Crippen LogP contribution in [0.1, 0.15) is 29.2 Å². The Hall–Kier alpha value is -2.89. The maximum Gasteiger partial charge on any atom is 0.266 e. The quantitative estimate of drug-likeness (QED) is 0.189. The Morgan fingerprint density at radius 2 is 2.03 bits per heavy atom. The summed E-state index contributed by atoms with van der Waals surface area (Å²) in [6, 6.07) is 17.2. The van der Waals surface area contributed by atoms with Gasteiger partial charge >= 0.3 is 0 Å².